The Balaban J connectivity index is 2.01. The molecule has 0 bridgehead atoms. The number of aromatic hydroxyl groups is 1. The lowest BCUT2D eigenvalue weighted by molar-refractivity contribution is 0.425. The molecule has 4 nitrogen and oxygen atoms in total. The number of hydrogen-bond donors (Lipinski definition) is 1. The number of hydrogen-bond acceptors (Lipinski definition) is 4. The molecule has 1 aromatic heterocycles. The van der Waals surface area contributed by atoms with Gasteiger partial charge in [-0.25, -0.2) is 8.78 Å². The molecule has 0 aliphatic carbocycles. The van der Waals surface area contributed by atoms with Crippen LogP contribution < -0.4 is 0 Å². The minimum atomic E-state index is -0.565. The Bertz CT molecular complexity index is 815. The molecule has 0 saturated heterocycles. The van der Waals surface area contributed by atoms with Crippen LogP contribution in [0.15, 0.2) is 40.9 Å². The van der Waals surface area contributed by atoms with Gasteiger partial charge in [0.05, 0.1) is 5.56 Å². The van der Waals surface area contributed by atoms with Gasteiger partial charge in [-0.05, 0) is 42.8 Å². The molecule has 1 N–H and O–H groups in total. The van der Waals surface area contributed by atoms with Crippen molar-refractivity contribution in [3.63, 3.8) is 0 Å². The van der Waals surface area contributed by atoms with Gasteiger partial charge in [0, 0.05) is 11.6 Å². The van der Waals surface area contributed by atoms with Gasteiger partial charge < -0.3 is 9.63 Å². The predicted octanol–water partition coefficient (Wildman–Crippen LogP) is 3.70. The van der Waals surface area contributed by atoms with Crippen molar-refractivity contribution in [1.82, 2.24) is 10.1 Å². The third kappa shape index (κ3) is 2.47. The van der Waals surface area contributed by atoms with E-state index in [-0.39, 0.29) is 28.8 Å². The Hall–Kier alpha value is -2.76. The summed E-state index contributed by atoms with van der Waals surface area (Å²) < 4.78 is 31.3. The quantitative estimate of drug-likeness (QED) is 0.781. The third-order valence-electron chi connectivity index (χ3n) is 3.03. The molecule has 0 aliphatic rings. The average Bonchev–Trinajstić information content (AvgIpc) is 2.91. The van der Waals surface area contributed by atoms with Crippen molar-refractivity contribution < 1.29 is 18.4 Å². The van der Waals surface area contributed by atoms with E-state index < -0.39 is 5.82 Å². The van der Waals surface area contributed by atoms with Crippen LogP contribution in [0.2, 0.25) is 0 Å². The van der Waals surface area contributed by atoms with E-state index in [9.17, 15) is 13.9 Å². The van der Waals surface area contributed by atoms with Gasteiger partial charge in [-0.3, -0.25) is 0 Å². The summed E-state index contributed by atoms with van der Waals surface area (Å²) in [6.07, 6.45) is 0. The smallest absolute Gasteiger partial charge is 0.262 e. The van der Waals surface area contributed by atoms with E-state index in [2.05, 4.69) is 10.1 Å². The van der Waals surface area contributed by atoms with Gasteiger partial charge in [-0.15, -0.1) is 0 Å². The van der Waals surface area contributed by atoms with E-state index in [4.69, 9.17) is 4.52 Å². The van der Waals surface area contributed by atoms with Crippen molar-refractivity contribution in [3.8, 4) is 28.6 Å². The maximum absolute atomic E-state index is 13.2. The Morgan fingerprint density at radius 3 is 2.62 bits per heavy atom. The average molecular weight is 288 g/mol. The second-order valence-electron chi connectivity index (χ2n) is 4.55. The molecule has 0 radical (unpaired) electrons. The van der Waals surface area contributed by atoms with Crippen LogP contribution in [0.25, 0.3) is 22.8 Å². The lowest BCUT2D eigenvalue weighted by atomic mass is 10.1. The molecule has 0 spiro atoms. The van der Waals surface area contributed by atoms with E-state index in [0.29, 0.717) is 11.1 Å². The summed E-state index contributed by atoms with van der Waals surface area (Å²) >= 11 is 0. The van der Waals surface area contributed by atoms with Crippen LogP contribution in [0.4, 0.5) is 8.78 Å². The number of rotatable bonds is 2. The minimum absolute atomic E-state index is 0.0597. The molecule has 106 valence electrons. The molecular weight excluding hydrogens is 278 g/mol. The Morgan fingerprint density at radius 1 is 1.10 bits per heavy atom. The Morgan fingerprint density at radius 2 is 1.90 bits per heavy atom. The van der Waals surface area contributed by atoms with Crippen molar-refractivity contribution in [2.24, 2.45) is 0 Å². The molecule has 0 saturated carbocycles. The largest absolute Gasteiger partial charge is 0.507 e. The third-order valence-corrected chi connectivity index (χ3v) is 3.03. The van der Waals surface area contributed by atoms with Crippen molar-refractivity contribution in [2.75, 3.05) is 0 Å². The zero-order valence-corrected chi connectivity index (χ0v) is 11.0. The maximum Gasteiger partial charge on any atom is 0.262 e. The summed E-state index contributed by atoms with van der Waals surface area (Å²) in [6, 6.07) is 7.92. The first kappa shape index (κ1) is 13.2. The highest BCUT2D eigenvalue weighted by molar-refractivity contribution is 5.65. The topological polar surface area (TPSA) is 59.2 Å². The van der Waals surface area contributed by atoms with Gasteiger partial charge >= 0.3 is 0 Å². The summed E-state index contributed by atoms with van der Waals surface area (Å²) in [6.45, 7) is 1.63. The van der Waals surface area contributed by atoms with E-state index >= 15 is 0 Å². The molecule has 1 heterocycles. The Labute approximate surface area is 118 Å². The first-order chi connectivity index (χ1) is 10.0. The second kappa shape index (κ2) is 4.97. The SMILES string of the molecule is Cc1cc(-c2noc(-c3ccc(F)cc3O)n2)ccc1F. The zero-order chi connectivity index (χ0) is 15.0. The second-order valence-corrected chi connectivity index (χ2v) is 4.55. The number of phenols is 1. The normalized spacial score (nSPS) is 10.8. The summed E-state index contributed by atoms with van der Waals surface area (Å²) in [5.74, 6) is -0.856. The number of nitrogens with zero attached hydrogens (tertiary/aromatic N) is 2. The lowest BCUT2D eigenvalue weighted by Crippen LogP contribution is -1.86. The van der Waals surface area contributed by atoms with Crippen LogP contribution in [0, 0.1) is 18.6 Å². The molecule has 3 rings (SSSR count). The van der Waals surface area contributed by atoms with E-state index in [1.54, 1.807) is 13.0 Å². The van der Waals surface area contributed by atoms with Gasteiger partial charge in [0.2, 0.25) is 5.82 Å². The highest BCUT2D eigenvalue weighted by atomic mass is 19.1. The molecule has 2 aromatic carbocycles. The molecule has 6 heteroatoms. The minimum Gasteiger partial charge on any atom is -0.507 e. The highest BCUT2D eigenvalue weighted by Crippen LogP contribution is 2.30. The van der Waals surface area contributed by atoms with Crippen LogP contribution in [0.3, 0.4) is 0 Å². The zero-order valence-electron chi connectivity index (χ0n) is 11.0. The van der Waals surface area contributed by atoms with Crippen molar-refractivity contribution >= 4 is 0 Å². The van der Waals surface area contributed by atoms with Crippen molar-refractivity contribution in [1.29, 1.82) is 0 Å². The van der Waals surface area contributed by atoms with Gasteiger partial charge in [-0.1, -0.05) is 5.16 Å². The van der Waals surface area contributed by atoms with Crippen LogP contribution in [-0.4, -0.2) is 15.2 Å². The number of halogens is 2. The summed E-state index contributed by atoms with van der Waals surface area (Å²) in [4.78, 5) is 4.13. The molecule has 0 amide bonds. The maximum atomic E-state index is 13.2. The molecule has 0 unspecified atom stereocenters. The standard InChI is InChI=1S/C15H10F2N2O2/c1-8-6-9(2-5-12(8)17)14-18-15(21-19-14)11-4-3-10(16)7-13(11)20/h2-7,20H,1H3. The highest BCUT2D eigenvalue weighted by Gasteiger charge is 2.15. The molecule has 0 fully saturated rings. The van der Waals surface area contributed by atoms with Crippen LogP contribution in [0.5, 0.6) is 5.75 Å². The van der Waals surface area contributed by atoms with Crippen molar-refractivity contribution in [3.05, 3.63) is 53.6 Å². The monoisotopic (exact) mass is 288 g/mol. The number of benzene rings is 2. The van der Waals surface area contributed by atoms with Gasteiger partial charge in [0.15, 0.2) is 0 Å². The fourth-order valence-corrected chi connectivity index (χ4v) is 1.92. The molecular formula is C15H10F2N2O2. The van der Waals surface area contributed by atoms with Crippen molar-refractivity contribution in [2.45, 2.75) is 6.92 Å². The summed E-state index contributed by atoms with van der Waals surface area (Å²) in [7, 11) is 0. The first-order valence-electron chi connectivity index (χ1n) is 6.14. The number of aryl methyl sites for hydroxylation is 1. The van der Waals surface area contributed by atoms with Crippen LogP contribution >= 0.6 is 0 Å². The molecule has 3 aromatic rings. The Kier molecular flexibility index (Phi) is 3.13. The fraction of sp³-hybridized carbons (Fsp3) is 0.0667. The van der Waals surface area contributed by atoms with Gasteiger partial charge in [0.1, 0.15) is 17.4 Å². The van der Waals surface area contributed by atoms with E-state index in [0.717, 1.165) is 6.07 Å². The molecule has 0 aliphatic heterocycles. The number of aromatic nitrogens is 2. The van der Waals surface area contributed by atoms with Gasteiger partial charge in [-0.2, -0.15) is 4.98 Å². The molecule has 0 atom stereocenters. The van der Waals surface area contributed by atoms with E-state index in [1.807, 2.05) is 0 Å². The fourth-order valence-electron chi connectivity index (χ4n) is 1.92. The summed E-state index contributed by atoms with van der Waals surface area (Å²) in [5, 5.41) is 13.5. The van der Waals surface area contributed by atoms with Crippen LogP contribution in [-0.2, 0) is 0 Å². The van der Waals surface area contributed by atoms with Gasteiger partial charge in [0.25, 0.3) is 5.89 Å². The van der Waals surface area contributed by atoms with E-state index in [1.165, 1.54) is 24.3 Å². The summed E-state index contributed by atoms with van der Waals surface area (Å²) in [5.41, 5.74) is 1.28. The predicted molar refractivity (Wildman–Crippen MR) is 71.5 cm³/mol. The lowest BCUT2D eigenvalue weighted by Gasteiger charge is -1.99. The first-order valence-corrected chi connectivity index (χ1v) is 6.14. The molecule has 21 heavy (non-hydrogen) atoms. The number of phenolic OH excluding ortho intramolecular Hbond substituents is 1. The van der Waals surface area contributed by atoms with Crippen LogP contribution in [0.1, 0.15) is 5.56 Å².